The van der Waals surface area contributed by atoms with E-state index in [1.807, 2.05) is 57.3 Å². The molecule has 0 aliphatic carbocycles. The van der Waals surface area contributed by atoms with Gasteiger partial charge in [-0.3, -0.25) is 14.5 Å². The largest absolute Gasteiger partial charge is 0.491 e. The molecule has 0 radical (unpaired) electrons. The van der Waals surface area contributed by atoms with Crippen molar-refractivity contribution in [1.29, 1.82) is 0 Å². The average Bonchev–Trinajstić information content (AvgIpc) is 3.36. The van der Waals surface area contributed by atoms with Gasteiger partial charge in [-0.25, -0.2) is 0 Å². The Balaban J connectivity index is 1.57. The minimum atomic E-state index is -0.455. The number of hydrogen-bond acceptors (Lipinski definition) is 5. The second-order valence-corrected chi connectivity index (χ2v) is 8.97. The fourth-order valence-electron chi connectivity index (χ4n) is 3.19. The third-order valence-corrected chi connectivity index (χ3v) is 5.92. The monoisotopic (exact) mass is 444 g/mol. The number of amides is 1. The molecular weight excluding hydrogens is 416 g/mol. The van der Waals surface area contributed by atoms with Gasteiger partial charge >= 0.3 is 0 Å². The molecule has 2 unspecified atom stereocenters. The van der Waals surface area contributed by atoms with Gasteiger partial charge in [0.05, 0.1) is 11.0 Å². The van der Waals surface area contributed by atoms with Crippen LogP contribution in [0.1, 0.15) is 45.7 Å². The van der Waals surface area contributed by atoms with Gasteiger partial charge in [0.2, 0.25) is 5.91 Å². The second kappa shape index (κ2) is 10.0. The number of aromatic amines is 1. The molecule has 2 heterocycles. The Morgan fingerprint density at radius 1 is 1.23 bits per heavy atom. The van der Waals surface area contributed by atoms with Gasteiger partial charge < -0.3 is 10.1 Å². The highest BCUT2D eigenvalue weighted by Crippen LogP contribution is 2.25. The number of carbonyl (C=O) groups is 1. The molecule has 0 fully saturated rings. The zero-order valence-corrected chi connectivity index (χ0v) is 19.3. The number of aromatic nitrogens is 3. The summed E-state index contributed by atoms with van der Waals surface area (Å²) in [5.74, 6) is 1.50. The molecule has 6 nitrogen and oxygen atoms in total. The van der Waals surface area contributed by atoms with Crippen molar-refractivity contribution < 1.29 is 9.53 Å². The predicted octanol–water partition coefficient (Wildman–Crippen LogP) is 5.15. The number of aryl methyl sites for hydroxylation is 1. The van der Waals surface area contributed by atoms with Crippen LogP contribution >= 0.6 is 23.6 Å². The summed E-state index contributed by atoms with van der Waals surface area (Å²) in [5.41, 5.74) is 1.22. The molecule has 1 amide bonds. The van der Waals surface area contributed by atoms with Gasteiger partial charge in [0.1, 0.15) is 11.8 Å². The summed E-state index contributed by atoms with van der Waals surface area (Å²) in [5, 5.41) is 12.2. The highest BCUT2D eigenvalue weighted by atomic mass is 32.1. The summed E-state index contributed by atoms with van der Waals surface area (Å²) in [7, 11) is 0. The van der Waals surface area contributed by atoms with E-state index in [9.17, 15) is 4.79 Å². The van der Waals surface area contributed by atoms with E-state index in [2.05, 4.69) is 27.6 Å². The molecule has 3 aromatic rings. The average molecular weight is 445 g/mol. The van der Waals surface area contributed by atoms with E-state index in [0.717, 1.165) is 23.5 Å². The van der Waals surface area contributed by atoms with E-state index >= 15 is 0 Å². The molecule has 0 aliphatic rings. The SMILES string of the molecule is CC(CCc1ccc(OC(C)C)cc1)NC(=O)C(C)n1c(-c2cccs2)n[nH]c1=S. The van der Waals surface area contributed by atoms with Crippen molar-refractivity contribution in [3.05, 3.63) is 52.1 Å². The molecule has 0 aliphatic heterocycles. The Labute approximate surface area is 186 Å². The number of ether oxygens (including phenoxy) is 1. The van der Waals surface area contributed by atoms with E-state index in [-0.39, 0.29) is 18.1 Å². The lowest BCUT2D eigenvalue weighted by Gasteiger charge is -2.19. The number of hydrogen-bond donors (Lipinski definition) is 2. The van der Waals surface area contributed by atoms with Gasteiger partial charge in [0, 0.05) is 6.04 Å². The van der Waals surface area contributed by atoms with Crippen molar-refractivity contribution in [1.82, 2.24) is 20.1 Å². The normalized spacial score (nSPS) is 13.2. The number of nitrogens with zero attached hydrogens (tertiary/aromatic N) is 2. The third kappa shape index (κ3) is 5.58. The van der Waals surface area contributed by atoms with Crippen LogP contribution < -0.4 is 10.1 Å². The first kappa shape index (κ1) is 22.2. The van der Waals surface area contributed by atoms with Crippen LogP contribution in [0.3, 0.4) is 0 Å². The van der Waals surface area contributed by atoms with E-state index in [4.69, 9.17) is 17.0 Å². The molecule has 3 rings (SSSR count). The fourth-order valence-corrected chi connectivity index (χ4v) is 4.19. The first-order chi connectivity index (χ1) is 14.3. The number of nitrogens with one attached hydrogen (secondary N) is 2. The lowest BCUT2D eigenvalue weighted by atomic mass is 10.1. The van der Waals surface area contributed by atoms with Crippen molar-refractivity contribution >= 4 is 29.5 Å². The Morgan fingerprint density at radius 2 is 1.97 bits per heavy atom. The Morgan fingerprint density at radius 3 is 2.60 bits per heavy atom. The Kier molecular flexibility index (Phi) is 7.44. The van der Waals surface area contributed by atoms with Gasteiger partial charge in [-0.1, -0.05) is 18.2 Å². The summed E-state index contributed by atoms with van der Waals surface area (Å²) in [6, 6.07) is 11.6. The summed E-state index contributed by atoms with van der Waals surface area (Å²) < 4.78 is 7.90. The lowest BCUT2D eigenvalue weighted by molar-refractivity contribution is -0.124. The number of carbonyl (C=O) groups excluding carboxylic acids is 1. The van der Waals surface area contributed by atoms with Crippen molar-refractivity contribution in [2.45, 2.75) is 58.7 Å². The van der Waals surface area contributed by atoms with Crippen LogP contribution in [0, 0.1) is 4.77 Å². The van der Waals surface area contributed by atoms with Crippen molar-refractivity contribution in [3.8, 4) is 16.5 Å². The second-order valence-electron chi connectivity index (χ2n) is 7.63. The predicted molar refractivity (Wildman–Crippen MR) is 124 cm³/mol. The Hall–Kier alpha value is -2.45. The van der Waals surface area contributed by atoms with Crippen LogP contribution in [-0.4, -0.2) is 32.8 Å². The van der Waals surface area contributed by atoms with Gasteiger partial charge in [-0.2, -0.15) is 5.10 Å². The molecule has 0 saturated carbocycles. The highest BCUT2D eigenvalue weighted by molar-refractivity contribution is 7.71. The van der Waals surface area contributed by atoms with Gasteiger partial charge in [0.15, 0.2) is 10.6 Å². The van der Waals surface area contributed by atoms with Crippen LogP contribution in [0.4, 0.5) is 0 Å². The molecule has 0 saturated heterocycles. The number of H-pyrrole nitrogens is 1. The topological polar surface area (TPSA) is 71.9 Å². The molecule has 0 bridgehead atoms. The van der Waals surface area contributed by atoms with Crippen LogP contribution in [0.2, 0.25) is 0 Å². The zero-order chi connectivity index (χ0) is 21.7. The minimum Gasteiger partial charge on any atom is -0.491 e. The summed E-state index contributed by atoms with van der Waals surface area (Å²) in [4.78, 5) is 13.8. The van der Waals surface area contributed by atoms with Crippen molar-refractivity contribution in [2.24, 2.45) is 0 Å². The molecule has 2 N–H and O–H groups in total. The lowest BCUT2D eigenvalue weighted by Crippen LogP contribution is -2.37. The maximum absolute atomic E-state index is 12.9. The van der Waals surface area contributed by atoms with E-state index in [1.54, 1.807) is 15.9 Å². The Bertz CT molecular complexity index is 1010. The van der Waals surface area contributed by atoms with E-state index in [0.29, 0.717) is 10.6 Å². The van der Waals surface area contributed by atoms with E-state index in [1.165, 1.54) is 5.56 Å². The molecule has 8 heteroatoms. The maximum atomic E-state index is 12.9. The smallest absolute Gasteiger partial charge is 0.243 e. The van der Waals surface area contributed by atoms with Gasteiger partial charge in [0.25, 0.3) is 0 Å². The molecular formula is C22H28N4O2S2. The molecule has 160 valence electrons. The minimum absolute atomic E-state index is 0.0396. The van der Waals surface area contributed by atoms with Crippen molar-refractivity contribution in [2.75, 3.05) is 0 Å². The maximum Gasteiger partial charge on any atom is 0.243 e. The fraction of sp³-hybridized carbons (Fsp3) is 0.409. The third-order valence-electron chi connectivity index (χ3n) is 4.76. The van der Waals surface area contributed by atoms with Crippen LogP contribution in [0.25, 0.3) is 10.7 Å². The molecule has 2 aromatic heterocycles. The van der Waals surface area contributed by atoms with Crippen LogP contribution in [0.5, 0.6) is 5.75 Å². The molecule has 1 aromatic carbocycles. The molecule has 30 heavy (non-hydrogen) atoms. The number of benzene rings is 1. The number of thiophene rings is 1. The first-order valence-corrected chi connectivity index (χ1v) is 11.4. The van der Waals surface area contributed by atoms with E-state index < -0.39 is 6.04 Å². The first-order valence-electron chi connectivity index (χ1n) is 10.1. The molecule has 2 atom stereocenters. The highest BCUT2D eigenvalue weighted by Gasteiger charge is 2.22. The van der Waals surface area contributed by atoms with Gasteiger partial charge in [-0.15, -0.1) is 11.3 Å². The van der Waals surface area contributed by atoms with Crippen molar-refractivity contribution in [3.63, 3.8) is 0 Å². The summed E-state index contributed by atoms with van der Waals surface area (Å²) in [6.45, 7) is 7.90. The summed E-state index contributed by atoms with van der Waals surface area (Å²) in [6.07, 6.45) is 1.89. The van der Waals surface area contributed by atoms with Crippen LogP contribution in [-0.2, 0) is 11.2 Å². The zero-order valence-electron chi connectivity index (χ0n) is 17.7. The quantitative estimate of drug-likeness (QED) is 0.448. The molecule has 0 spiro atoms. The number of rotatable bonds is 9. The standard InChI is InChI=1S/C22H28N4O2S2/c1-14(2)28-18-11-9-17(10-12-18)8-7-15(3)23-21(27)16(4)26-20(24-25-22(26)29)19-6-5-13-30-19/h5-6,9-16H,7-8H2,1-4H3,(H,23,27)(H,25,29). The van der Waals surface area contributed by atoms with Crippen LogP contribution in [0.15, 0.2) is 41.8 Å². The summed E-state index contributed by atoms with van der Waals surface area (Å²) >= 11 is 6.93. The van der Waals surface area contributed by atoms with Gasteiger partial charge in [-0.05, 0) is 81.9 Å².